The van der Waals surface area contributed by atoms with Gasteiger partial charge in [-0.2, -0.15) is 4.31 Å². The van der Waals surface area contributed by atoms with E-state index in [1.54, 1.807) is 4.90 Å². The first-order valence-electron chi connectivity index (χ1n) is 11.5. The minimum Gasteiger partial charge on any atom is -0.341 e. The molecule has 32 heavy (non-hydrogen) atoms. The molecule has 3 rings (SSSR count). The van der Waals surface area contributed by atoms with E-state index in [0.29, 0.717) is 38.8 Å². The van der Waals surface area contributed by atoms with Crippen LogP contribution in [0.25, 0.3) is 0 Å². The van der Waals surface area contributed by atoms with Crippen molar-refractivity contribution >= 4 is 33.4 Å². The Kier molecular flexibility index (Phi) is 8.16. The number of carbonyl (C=O) groups is 2. The van der Waals surface area contributed by atoms with Gasteiger partial charge in [0.1, 0.15) is 15.6 Å². The Morgan fingerprint density at radius 3 is 2.38 bits per heavy atom. The summed E-state index contributed by atoms with van der Waals surface area (Å²) in [5, 5.41) is 3.06. The van der Waals surface area contributed by atoms with Gasteiger partial charge in [-0.05, 0) is 51.7 Å². The van der Waals surface area contributed by atoms with Crippen LogP contribution in [-0.4, -0.2) is 66.1 Å². The molecule has 0 bridgehead atoms. The van der Waals surface area contributed by atoms with E-state index in [9.17, 15) is 18.0 Å². The molecular formula is C22H33ClN4O4S. The number of halogens is 1. The molecule has 10 heteroatoms. The average Bonchev–Trinajstić information content (AvgIpc) is 2.80. The zero-order valence-electron chi connectivity index (χ0n) is 18.8. The van der Waals surface area contributed by atoms with Gasteiger partial charge < -0.3 is 10.2 Å². The predicted octanol–water partition coefficient (Wildman–Crippen LogP) is 2.82. The Morgan fingerprint density at radius 1 is 1.19 bits per heavy atom. The van der Waals surface area contributed by atoms with Gasteiger partial charge in [-0.25, -0.2) is 13.4 Å². The second-order valence-electron chi connectivity index (χ2n) is 8.58. The quantitative estimate of drug-likeness (QED) is 0.600. The highest BCUT2D eigenvalue weighted by Gasteiger charge is 2.44. The zero-order chi connectivity index (χ0) is 23.4. The lowest BCUT2D eigenvalue weighted by molar-refractivity contribution is -0.144. The highest BCUT2D eigenvalue weighted by molar-refractivity contribution is 7.89. The molecule has 2 amide bonds. The molecular weight excluding hydrogens is 452 g/mol. The summed E-state index contributed by atoms with van der Waals surface area (Å²) in [6, 6.07) is 2.98. The van der Waals surface area contributed by atoms with Gasteiger partial charge in [-0.3, -0.25) is 9.59 Å². The third-order valence-electron chi connectivity index (χ3n) is 6.70. The van der Waals surface area contributed by atoms with E-state index in [-0.39, 0.29) is 40.9 Å². The molecule has 1 aliphatic carbocycles. The minimum atomic E-state index is -3.77. The maximum Gasteiger partial charge on any atom is 0.248 e. The predicted molar refractivity (Wildman–Crippen MR) is 123 cm³/mol. The summed E-state index contributed by atoms with van der Waals surface area (Å²) in [4.78, 5) is 32.1. The Bertz CT molecular complexity index is 922. The Balaban J connectivity index is 1.68. The fourth-order valence-electron chi connectivity index (χ4n) is 4.76. The summed E-state index contributed by atoms with van der Waals surface area (Å²) in [5.74, 6) is -0.472. The number of likely N-dealkylation sites (N-methyl/N-ethyl adjacent to an activating group) is 1. The van der Waals surface area contributed by atoms with Crippen LogP contribution in [0.2, 0.25) is 5.15 Å². The molecule has 1 saturated heterocycles. The molecule has 1 aromatic rings. The van der Waals surface area contributed by atoms with Crippen molar-refractivity contribution in [3.8, 4) is 0 Å². The van der Waals surface area contributed by atoms with Crippen LogP contribution in [0.15, 0.2) is 23.2 Å². The van der Waals surface area contributed by atoms with E-state index in [1.807, 2.05) is 13.8 Å². The molecule has 0 atom stereocenters. The van der Waals surface area contributed by atoms with Crippen LogP contribution in [0, 0.1) is 5.92 Å². The topological polar surface area (TPSA) is 99.7 Å². The third kappa shape index (κ3) is 5.10. The molecule has 2 fully saturated rings. The standard InChI is InChI=1S/C22H33ClN4O4S/c1-3-26(4-2)21(29)22(12-6-5-7-13-22)25-20(28)17-10-15-27(16-11-17)32(30,31)18-9-8-14-24-19(18)23/h8-9,14,17H,3-7,10-13,15-16H2,1-2H3,(H,25,28). The van der Waals surface area contributed by atoms with Gasteiger partial charge in [-0.15, -0.1) is 0 Å². The number of nitrogens with zero attached hydrogens (tertiary/aromatic N) is 3. The van der Waals surface area contributed by atoms with Crippen LogP contribution in [0.5, 0.6) is 0 Å². The lowest BCUT2D eigenvalue weighted by atomic mass is 9.79. The number of rotatable bonds is 7. The number of hydrogen-bond donors (Lipinski definition) is 1. The van der Waals surface area contributed by atoms with Gasteiger partial charge >= 0.3 is 0 Å². The second kappa shape index (κ2) is 10.5. The van der Waals surface area contributed by atoms with Crippen molar-refractivity contribution in [1.82, 2.24) is 19.5 Å². The Labute approximate surface area is 195 Å². The number of aromatic nitrogens is 1. The number of carbonyl (C=O) groups excluding carboxylic acids is 2. The van der Waals surface area contributed by atoms with Crippen molar-refractivity contribution in [3.63, 3.8) is 0 Å². The summed E-state index contributed by atoms with van der Waals surface area (Å²) in [7, 11) is -3.77. The first kappa shape index (κ1) is 24.9. The van der Waals surface area contributed by atoms with E-state index < -0.39 is 15.6 Å². The van der Waals surface area contributed by atoms with Gasteiger partial charge in [0.25, 0.3) is 0 Å². The maximum absolute atomic E-state index is 13.3. The largest absolute Gasteiger partial charge is 0.341 e. The van der Waals surface area contributed by atoms with Gasteiger partial charge in [0.15, 0.2) is 0 Å². The van der Waals surface area contributed by atoms with Crippen molar-refractivity contribution in [1.29, 1.82) is 0 Å². The van der Waals surface area contributed by atoms with Crippen LogP contribution in [-0.2, 0) is 19.6 Å². The third-order valence-corrected chi connectivity index (χ3v) is 9.04. The molecule has 0 radical (unpaired) electrons. The molecule has 2 heterocycles. The van der Waals surface area contributed by atoms with Gasteiger partial charge in [0.2, 0.25) is 21.8 Å². The smallest absolute Gasteiger partial charge is 0.248 e. The molecule has 0 unspecified atom stereocenters. The van der Waals surface area contributed by atoms with Crippen LogP contribution in [0.4, 0.5) is 0 Å². The lowest BCUT2D eigenvalue weighted by Gasteiger charge is -2.41. The van der Waals surface area contributed by atoms with E-state index in [1.165, 1.54) is 22.6 Å². The normalized spacial score (nSPS) is 20.0. The molecule has 178 valence electrons. The highest BCUT2D eigenvalue weighted by Crippen LogP contribution is 2.32. The van der Waals surface area contributed by atoms with Crippen molar-refractivity contribution < 1.29 is 18.0 Å². The van der Waals surface area contributed by atoms with E-state index in [2.05, 4.69) is 10.3 Å². The van der Waals surface area contributed by atoms with Gasteiger partial charge in [0, 0.05) is 38.3 Å². The molecule has 1 N–H and O–H groups in total. The molecule has 1 aromatic heterocycles. The summed E-state index contributed by atoms with van der Waals surface area (Å²) in [5.41, 5.74) is -0.839. The average molecular weight is 485 g/mol. The van der Waals surface area contributed by atoms with Crippen LogP contribution in [0.1, 0.15) is 58.8 Å². The Morgan fingerprint density at radius 2 is 1.81 bits per heavy atom. The van der Waals surface area contributed by atoms with Crippen LogP contribution >= 0.6 is 11.6 Å². The van der Waals surface area contributed by atoms with Crippen molar-refractivity contribution in [3.05, 3.63) is 23.5 Å². The first-order valence-corrected chi connectivity index (χ1v) is 13.3. The molecule has 1 saturated carbocycles. The zero-order valence-corrected chi connectivity index (χ0v) is 20.4. The summed E-state index contributed by atoms with van der Waals surface area (Å²) in [6.45, 7) is 5.57. The Hall–Kier alpha value is -1.71. The molecule has 0 spiro atoms. The number of amides is 2. The van der Waals surface area contributed by atoms with E-state index in [4.69, 9.17) is 11.6 Å². The van der Waals surface area contributed by atoms with Crippen LogP contribution < -0.4 is 5.32 Å². The summed E-state index contributed by atoms with van der Waals surface area (Å²) < 4.78 is 27.2. The highest BCUT2D eigenvalue weighted by atomic mass is 35.5. The number of piperidine rings is 1. The first-order chi connectivity index (χ1) is 15.2. The van der Waals surface area contributed by atoms with E-state index in [0.717, 1.165) is 19.3 Å². The fraction of sp³-hybridized carbons (Fsp3) is 0.682. The SMILES string of the molecule is CCN(CC)C(=O)C1(NC(=O)C2CCN(S(=O)(=O)c3cccnc3Cl)CC2)CCCCC1. The maximum atomic E-state index is 13.3. The molecule has 0 aromatic carbocycles. The van der Waals surface area contributed by atoms with Gasteiger partial charge in [-0.1, -0.05) is 30.9 Å². The second-order valence-corrected chi connectivity index (χ2v) is 10.8. The molecule has 2 aliphatic rings. The van der Waals surface area contributed by atoms with Crippen molar-refractivity contribution in [2.45, 2.75) is 69.2 Å². The molecule has 8 nitrogen and oxygen atoms in total. The monoisotopic (exact) mass is 484 g/mol. The number of nitrogens with one attached hydrogen (secondary N) is 1. The summed E-state index contributed by atoms with van der Waals surface area (Å²) >= 11 is 5.99. The minimum absolute atomic E-state index is 0.00165. The number of hydrogen-bond acceptors (Lipinski definition) is 5. The van der Waals surface area contributed by atoms with Crippen molar-refractivity contribution in [2.24, 2.45) is 5.92 Å². The summed E-state index contributed by atoms with van der Waals surface area (Å²) in [6.07, 6.45) is 6.44. The van der Waals surface area contributed by atoms with Gasteiger partial charge in [0.05, 0.1) is 0 Å². The van der Waals surface area contributed by atoms with Crippen LogP contribution in [0.3, 0.4) is 0 Å². The lowest BCUT2D eigenvalue weighted by Crippen LogP contribution is -2.61. The number of sulfonamides is 1. The van der Waals surface area contributed by atoms with E-state index >= 15 is 0 Å². The fourth-order valence-corrected chi connectivity index (χ4v) is 6.66. The van der Waals surface area contributed by atoms with Crippen molar-refractivity contribution in [2.75, 3.05) is 26.2 Å². The molecule has 1 aliphatic heterocycles. The number of pyridine rings is 1.